The molecule has 0 fully saturated rings. The summed E-state index contributed by atoms with van der Waals surface area (Å²) in [6, 6.07) is 8.40. The average Bonchev–Trinajstić information content (AvgIpc) is 2.16. The molecule has 0 aliphatic heterocycles. The minimum Gasteiger partial charge on any atom is -0.287 e. The van der Waals surface area contributed by atoms with Crippen molar-refractivity contribution in [2.45, 2.75) is 19.5 Å². The van der Waals surface area contributed by atoms with Crippen molar-refractivity contribution >= 4 is 0 Å². The predicted octanol–water partition coefficient (Wildman–Crippen LogP) is 2.17. The molecule has 1 aromatic carbocycles. The molecule has 2 nitrogen and oxygen atoms in total. The Morgan fingerprint density at radius 1 is 1.57 bits per heavy atom. The smallest absolute Gasteiger partial charge is 0.123 e. The minimum atomic E-state index is -0.236. The number of halogens is 1. The SMILES string of the molecule is CC(C#N)N(C)Cc1cccc(F)c1. The van der Waals surface area contributed by atoms with Crippen LogP contribution in [0.25, 0.3) is 0 Å². The van der Waals surface area contributed by atoms with Crippen LogP contribution in [0.1, 0.15) is 12.5 Å². The van der Waals surface area contributed by atoms with Crippen molar-refractivity contribution in [3.05, 3.63) is 35.6 Å². The summed E-state index contributed by atoms with van der Waals surface area (Å²) in [5.41, 5.74) is 0.884. The van der Waals surface area contributed by atoms with Crippen molar-refractivity contribution in [1.82, 2.24) is 4.90 Å². The first-order chi connectivity index (χ1) is 6.63. The zero-order valence-corrected chi connectivity index (χ0v) is 8.37. The number of nitriles is 1. The first-order valence-corrected chi connectivity index (χ1v) is 4.48. The van der Waals surface area contributed by atoms with E-state index >= 15 is 0 Å². The number of nitrogens with zero attached hydrogens (tertiary/aromatic N) is 2. The van der Waals surface area contributed by atoms with E-state index in [9.17, 15) is 4.39 Å². The highest BCUT2D eigenvalue weighted by Gasteiger charge is 2.07. The molecule has 0 amide bonds. The van der Waals surface area contributed by atoms with E-state index in [2.05, 4.69) is 6.07 Å². The Hall–Kier alpha value is -1.40. The molecule has 0 aliphatic rings. The van der Waals surface area contributed by atoms with Gasteiger partial charge in [-0.2, -0.15) is 5.26 Å². The van der Waals surface area contributed by atoms with Gasteiger partial charge < -0.3 is 0 Å². The number of benzene rings is 1. The summed E-state index contributed by atoms with van der Waals surface area (Å²) in [6.45, 7) is 2.41. The molecular weight excluding hydrogens is 179 g/mol. The monoisotopic (exact) mass is 192 g/mol. The summed E-state index contributed by atoms with van der Waals surface area (Å²) < 4.78 is 12.8. The quantitative estimate of drug-likeness (QED) is 0.733. The number of rotatable bonds is 3. The maximum Gasteiger partial charge on any atom is 0.123 e. The molecule has 14 heavy (non-hydrogen) atoms. The molecule has 1 rings (SSSR count). The van der Waals surface area contributed by atoms with E-state index in [-0.39, 0.29) is 11.9 Å². The molecule has 0 saturated heterocycles. The lowest BCUT2D eigenvalue weighted by Crippen LogP contribution is -2.26. The van der Waals surface area contributed by atoms with E-state index in [1.807, 2.05) is 24.9 Å². The summed E-state index contributed by atoms with van der Waals surface area (Å²) in [5.74, 6) is -0.236. The van der Waals surface area contributed by atoms with E-state index in [0.717, 1.165) is 5.56 Å². The van der Waals surface area contributed by atoms with Gasteiger partial charge in [-0.05, 0) is 31.7 Å². The first-order valence-electron chi connectivity index (χ1n) is 4.48. The standard InChI is InChI=1S/C11H13FN2/c1-9(7-13)14(2)8-10-4-3-5-11(12)6-10/h3-6,9H,8H2,1-2H3. The van der Waals surface area contributed by atoms with Gasteiger partial charge in [-0.15, -0.1) is 0 Å². The van der Waals surface area contributed by atoms with Gasteiger partial charge in [0.05, 0.1) is 12.1 Å². The van der Waals surface area contributed by atoms with E-state index < -0.39 is 0 Å². The summed E-state index contributed by atoms with van der Waals surface area (Å²) >= 11 is 0. The van der Waals surface area contributed by atoms with E-state index in [1.54, 1.807) is 6.07 Å². The van der Waals surface area contributed by atoms with Crippen LogP contribution >= 0.6 is 0 Å². The summed E-state index contributed by atoms with van der Waals surface area (Å²) in [6.07, 6.45) is 0. The molecule has 0 aromatic heterocycles. The van der Waals surface area contributed by atoms with Crippen LogP contribution in [0.3, 0.4) is 0 Å². The van der Waals surface area contributed by atoms with Crippen LogP contribution < -0.4 is 0 Å². The Bertz CT molecular complexity index is 343. The predicted molar refractivity (Wildman–Crippen MR) is 52.9 cm³/mol. The van der Waals surface area contributed by atoms with Crippen LogP contribution in [0, 0.1) is 17.1 Å². The summed E-state index contributed by atoms with van der Waals surface area (Å²) in [7, 11) is 1.85. The molecule has 1 unspecified atom stereocenters. The first kappa shape index (κ1) is 10.7. The van der Waals surface area contributed by atoms with Crippen molar-refractivity contribution in [1.29, 1.82) is 5.26 Å². The van der Waals surface area contributed by atoms with Gasteiger partial charge >= 0.3 is 0 Å². The highest BCUT2D eigenvalue weighted by Crippen LogP contribution is 2.07. The largest absolute Gasteiger partial charge is 0.287 e. The van der Waals surface area contributed by atoms with Crippen molar-refractivity contribution in [3.8, 4) is 6.07 Å². The molecule has 1 atom stereocenters. The molecule has 0 spiro atoms. The molecule has 0 radical (unpaired) electrons. The molecule has 0 saturated carbocycles. The molecule has 0 bridgehead atoms. The zero-order valence-electron chi connectivity index (χ0n) is 8.37. The summed E-state index contributed by atoms with van der Waals surface area (Å²) in [4.78, 5) is 1.87. The fraction of sp³-hybridized carbons (Fsp3) is 0.364. The highest BCUT2D eigenvalue weighted by atomic mass is 19.1. The Kier molecular flexibility index (Phi) is 3.61. The average molecular weight is 192 g/mol. The Labute approximate surface area is 83.6 Å². The molecule has 0 aliphatic carbocycles. The van der Waals surface area contributed by atoms with Gasteiger partial charge in [0.2, 0.25) is 0 Å². The molecule has 74 valence electrons. The second-order valence-corrected chi connectivity index (χ2v) is 3.35. The van der Waals surface area contributed by atoms with E-state index in [1.165, 1.54) is 12.1 Å². The Morgan fingerprint density at radius 3 is 2.86 bits per heavy atom. The maximum atomic E-state index is 12.8. The lowest BCUT2D eigenvalue weighted by molar-refractivity contribution is 0.294. The second-order valence-electron chi connectivity index (χ2n) is 3.35. The summed E-state index contributed by atoms with van der Waals surface area (Å²) in [5, 5.41) is 8.67. The molecule has 1 aromatic rings. The van der Waals surface area contributed by atoms with Crippen LogP contribution in [0.4, 0.5) is 4.39 Å². The minimum absolute atomic E-state index is 0.154. The van der Waals surface area contributed by atoms with Gasteiger partial charge in [0, 0.05) is 6.54 Å². The highest BCUT2D eigenvalue weighted by molar-refractivity contribution is 5.16. The van der Waals surface area contributed by atoms with Gasteiger partial charge in [0.15, 0.2) is 0 Å². The van der Waals surface area contributed by atoms with E-state index in [4.69, 9.17) is 5.26 Å². The Balaban J connectivity index is 2.65. The van der Waals surface area contributed by atoms with Crippen LogP contribution in [-0.4, -0.2) is 18.0 Å². The topological polar surface area (TPSA) is 27.0 Å². The fourth-order valence-corrected chi connectivity index (χ4v) is 1.16. The van der Waals surface area contributed by atoms with Crippen molar-refractivity contribution in [2.24, 2.45) is 0 Å². The third-order valence-electron chi connectivity index (χ3n) is 2.17. The van der Waals surface area contributed by atoms with Gasteiger partial charge in [-0.1, -0.05) is 12.1 Å². The van der Waals surface area contributed by atoms with Crippen LogP contribution in [-0.2, 0) is 6.54 Å². The molecule has 3 heteroatoms. The van der Waals surface area contributed by atoms with E-state index in [0.29, 0.717) is 6.54 Å². The molecule has 0 heterocycles. The van der Waals surface area contributed by atoms with Gasteiger partial charge in [0.1, 0.15) is 5.82 Å². The Morgan fingerprint density at radius 2 is 2.29 bits per heavy atom. The fourth-order valence-electron chi connectivity index (χ4n) is 1.16. The third kappa shape index (κ3) is 2.82. The van der Waals surface area contributed by atoms with Crippen molar-refractivity contribution < 1.29 is 4.39 Å². The third-order valence-corrected chi connectivity index (χ3v) is 2.17. The zero-order chi connectivity index (χ0) is 10.6. The van der Waals surface area contributed by atoms with Crippen LogP contribution in [0.15, 0.2) is 24.3 Å². The lowest BCUT2D eigenvalue weighted by Gasteiger charge is -2.18. The number of hydrogen-bond donors (Lipinski definition) is 0. The van der Waals surface area contributed by atoms with Gasteiger partial charge in [0.25, 0.3) is 0 Å². The lowest BCUT2D eigenvalue weighted by atomic mass is 10.2. The van der Waals surface area contributed by atoms with Gasteiger partial charge in [-0.3, -0.25) is 4.90 Å². The van der Waals surface area contributed by atoms with Crippen LogP contribution in [0.5, 0.6) is 0 Å². The maximum absolute atomic E-state index is 12.8. The van der Waals surface area contributed by atoms with Crippen LogP contribution in [0.2, 0.25) is 0 Å². The van der Waals surface area contributed by atoms with Gasteiger partial charge in [-0.25, -0.2) is 4.39 Å². The van der Waals surface area contributed by atoms with Crippen molar-refractivity contribution in [2.75, 3.05) is 7.05 Å². The molecule has 0 N–H and O–H groups in total. The van der Waals surface area contributed by atoms with Crippen molar-refractivity contribution in [3.63, 3.8) is 0 Å². The molecular formula is C11H13FN2. The number of hydrogen-bond acceptors (Lipinski definition) is 2. The second kappa shape index (κ2) is 4.73. The normalized spacial score (nSPS) is 12.5.